The quantitative estimate of drug-likeness (QED) is 0.474. The van der Waals surface area contributed by atoms with E-state index in [2.05, 4.69) is 30.3 Å². The fourth-order valence-electron chi connectivity index (χ4n) is 2.00. The number of rotatable bonds is 3. The summed E-state index contributed by atoms with van der Waals surface area (Å²) in [7, 11) is 4.15. The molecule has 1 aromatic heterocycles. The van der Waals surface area contributed by atoms with Gasteiger partial charge in [-0.3, -0.25) is 4.48 Å². The van der Waals surface area contributed by atoms with E-state index in [1.165, 1.54) is 0 Å². The maximum absolute atomic E-state index is 5.93. The highest BCUT2D eigenvalue weighted by Gasteiger charge is 2.30. The first-order valence-electron chi connectivity index (χ1n) is 6.35. The zero-order chi connectivity index (χ0) is 14.0. The molecule has 0 fully saturated rings. The molecule has 0 aliphatic carbocycles. The molecule has 1 aliphatic heterocycles. The molecular formula is C15H20N3O+. The molecule has 0 spiro atoms. The number of quaternary nitrogens is 1. The van der Waals surface area contributed by atoms with Gasteiger partial charge in [-0.25, -0.2) is 4.98 Å². The Morgan fingerprint density at radius 1 is 1.21 bits per heavy atom. The monoisotopic (exact) mass is 258 g/mol. The van der Waals surface area contributed by atoms with Crippen LogP contribution >= 0.6 is 0 Å². The van der Waals surface area contributed by atoms with Crippen LogP contribution in [0.2, 0.25) is 0 Å². The molecule has 0 atom stereocenters. The first kappa shape index (κ1) is 13.5. The van der Waals surface area contributed by atoms with Crippen LogP contribution in [0.1, 0.15) is 26.3 Å². The second-order valence-electron chi connectivity index (χ2n) is 5.00. The standard InChI is InChI=1S/C15H20N3O/c1-6-11(3)13(7-2)19-15-12-8-9-18(4,5)14(12)16-10-17-15/h6-10H,1-5H3/q+1. The number of hydrogen-bond donors (Lipinski definition) is 0. The minimum Gasteiger partial charge on any atom is -0.438 e. The van der Waals surface area contributed by atoms with Gasteiger partial charge < -0.3 is 4.74 Å². The Hall–Kier alpha value is -1.94. The van der Waals surface area contributed by atoms with Gasteiger partial charge in [0.25, 0.3) is 0 Å². The topological polar surface area (TPSA) is 35.0 Å². The molecular weight excluding hydrogens is 238 g/mol. The van der Waals surface area contributed by atoms with Crippen molar-refractivity contribution in [3.05, 3.63) is 41.6 Å². The number of nitrogens with zero attached hydrogens (tertiary/aromatic N) is 3. The van der Waals surface area contributed by atoms with E-state index in [0.717, 1.165) is 22.7 Å². The molecule has 0 saturated heterocycles. The molecule has 0 amide bonds. The zero-order valence-electron chi connectivity index (χ0n) is 12.1. The summed E-state index contributed by atoms with van der Waals surface area (Å²) in [6.45, 7) is 5.97. The summed E-state index contributed by atoms with van der Waals surface area (Å²) in [4.78, 5) is 8.61. The smallest absolute Gasteiger partial charge is 0.246 e. The zero-order valence-corrected chi connectivity index (χ0v) is 12.1. The number of hydrogen-bond acceptors (Lipinski definition) is 3. The van der Waals surface area contributed by atoms with Crippen LogP contribution in [-0.2, 0) is 0 Å². The van der Waals surface area contributed by atoms with Crippen molar-refractivity contribution in [3.8, 4) is 5.88 Å². The van der Waals surface area contributed by atoms with E-state index >= 15 is 0 Å². The number of fused-ring (bicyclic) bond motifs is 1. The molecule has 0 N–H and O–H groups in total. The Balaban J connectivity index is 2.39. The van der Waals surface area contributed by atoms with Gasteiger partial charge in [-0.2, -0.15) is 4.98 Å². The summed E-state index contributed by atoms with van der Waals surface area (Å²) in [5, 5.41) is 0. The lowest BCUT2D eigenvalue weighted by Crippen LogP contribution is -2.32. The van der Waals surface area contributed by atoms with Crippen LogP contribution < -0.4 is 9.22 Å². The van der Waals surface area contributed by atoms with Crippen molar-refractivity contribution in [2.24, 2.45) is 0 Å². The van der Waals surface area contributed by atoms with Gasteiger partial charge >= 0.3 is 0 Å². The van der Waals surface area contributed by atoms with Gasteiger partial charge in [0.1, 0.15) is 23.8 Å². The Morgan fingerprint density at radius 3 is 2.58 bits per heavy atom. The fourth-order valence-corrected chi connectivity index (χ4v) is 2.00. The Morgan fingerprint density at radius 2 is 1.95 bits per heavy atom. The van der Waals surface area contributed by atoms with E-state index in [1.54, 1.807) is 6.33 Å². The summed E-state index contributed by atoms with van der Waals surface area (Å²) >= 11 is 0. The Bertz CT molecular complexity index is 583. The lowest BCUT2D eigenvalue weighted by atomic mass is 10.2. The minimum absolute atomic E-state index is 0.610. The maximum Gasteiger partial charge on any atom is 0.246 e. The van der Waals surface area contributed by atoms with Crippen LogP contribution in [0.5, 0.6) is 5.88 Å². The third kappa shape index (κ3) is 2.44. The van der Waals surface area contributed by atoms with E-state index in [9.17, 15) is 0 Å². The molecule has 100 valence electrons. The predicted molar refractivity (Wildman–Crippen MR) is 78.5 cm³/mol. The molecule has 19 heavy (non-hydrogen) atoms. The molecule has 0 unspecified atom stereocenters. The number of allylic oxidation sites excluding steroid dienone is 3. The highest BCUT2D eigenvalue weighted by molar-refractivity contribution is 5.73. The van der Waals surface area contributed by atoms with Crippen LogP contribution in [0.3, 0.4) is 0 Å². The molecule has 1 aromatic rings. The Kier molecular flexibility index (Phi) is 3.53. The van der Waals surface area contributed by atoms with Gasteiger partial charge in [-0.1, -0.05) is 6.08 Å². The first-order valence-corrected chi connectivity index (χ1v) is 6.35. The largest absolute Gasteiger partial charge is 0.438 e. The normalized spacial score (nSPS) is 17.5. The van der Waals surface area contributed by atoms with Crippen LogP contribution in [0.4, 0.5) is 5.82 Å². The van der Waals surface area contributed by atoms with Gasteiger partial charge in [-0.15, -0.1) is 0 Å². The van der Waals surface area contributed by atoms with Gasteiger partial charge in [0, 0.05) is 6.08 Å². The molecule has 0 radical (unpaired) electrons. The summed E-state index contributed by atoms with van der Waals surface area (Å²) in [6, 6.07) is 0. The second kappa shape index (κ2) is 4.97. The van der Waals surface area contributed by atoms with Gasteiger partial charge in [0.05, 0.1) is 14.1 Å². The van der Waals surface area contributed by atoms with Crippen molar-refractivity contribution >= 4 is 11.9 Å². The molecule has 0 aromatic carbocycles. The van der Waals surface area contributed by atoms with E-state index in [0.29, 0.717) is 10.4 Å². The molecule has 4 nitrogen and oxygen atoms in total. The minimum atomic E-state index is 0.610. The van der Waals surface area contributed by atoms with Crippen LogP contribution in [0.25, 0.3) is 6.08 Å². The number of aromatic nitrogens is 2. The van der Waals surface area contributed by atoms with Crippen LogP contribution in [0, 0.1) is 0 Å². The third-order valence-electron chi connectivity index (χ3n) is 3.28. The predicted octanol–water partition coefficient (Wildman–Crippen LogP) is 3.28. The molecule has 2 heterocycles. The summed E-state index contributed by atoms with van der Waals surface area (Å²) in [5.41, 5.74) is 2.04. The van der Waals surface area contributed by atoms with Crippen molar-refractivity contribution in [1.29, 1.82) is 0 Å². The average molecular weight is 258 g/mol. The summed E-state index contributed by atoms with van der Waals surface area (Å²) in [5.74, 6) is 2.40. The molecule has 0 saturated carbocycles. The average Bonchev–Trinajstić information content (AvgIpc) is 2.72. The third-order valence-corrected chi connectivity index (χ3v) is 3.28. The molecule has 1 aliphatic rings. The molecule has 0 bridgehead atoms. The van der Waals surface area contributed by atoms with Crippen molar-refractivity contribution < 1.29 is 4.74 Å². The summed E-state index contributed by atoms with van der Waals surface area (Å²) in [6.07, 6.45) is 9.61. The fraction of sp³-hybridized carbons (Fsp3) is 0.333. The molecule has 2 rings (SSSR count). The molecule has 4 heteroatoms. The van der Waals surface area contributed by atoms with Crippen molar-refractivity contribution in [3.63, 3.8) is 0 Å². The van der Waals surface area contributed by atoms with Crippen molar-refractivity contribution in [2.75, 3.05) is 14.1 Å². The van der Waals surface area contributed by atoms with Gasteiger partial charge in [0.2, 0.25) is 11.7 Å². The first-order chi connectivity index (χ1) is 8.99. The van der Waals surface area contributed by atoms with E-state index in [-0.39, 0.29) is 0 Å². The van der Waals surface area contributed by atoms with E-state index in [1.807, 2.05) is 39.0 Å². The van der Waals surface area contributed by atoms with Crippen molar-refractivity contribution in [1.82, 2.24) is 14.5 Å². The lowest BCUT2D eigenvalue weighted by molar-refractivity contribution is 0.413. The highest BCUT2D eigenvalue weighted by atomic mass is 16.5. The van der Waals surface area contributed by atoms with Gasteiger partial charge in [-0.05, 0) is 32.4 Å². The highest BCUT2D eigenvalue weighted by Crippen LogP contribution is 2.35. The van der Waals surface area contributed by atoms with Crippen LogP contribution in [-0.4, -0.2) is 24.1 Å². The second-order valence-corrected chi connectivity index (χ2v) is 5.00. The van der Waals surface area contributed by atoms with Gasteiger partial charge in [0.15, 0.2) is 0 Å². The van der Waals surface area contributed by atoms with Crippen LogP contribution in [0.15, 0.2) is 36.0 Å². The number of ether oxygens (including phenoxy) is 1. The van der Waals surface area contributed by atoms with E-state index < -0.39 is 0 Å². The Labute approximate surface area is 114 Å². The SMILES string of the molecule is CC=C(C)C(=CC)Oc1ncnc2c1C=C[N+]2(C)C. The van der Waals surface area contributed by atoms with Crippen molar-refractivity contribution in [2.45, 2.75) is 20.8 Å². The maximum atomic E-state index is 5.93. The lowest BCUT2D eigenvalue weighted by Gasteiger charge is -2.20. The van der Waals surface area contributed by atoms with E-state index in [4.69, 9.17) is 4.74 Å². The summed E-state index contributed by atoms with van der Waals surface area (Å²) < 4.78 is 6.55.